The minimum atomic E-state index is -1.05. The maximum Gasteiger partial charge on any atom is 0.306 e. The zero-order chi connectivity index (χ0) is 13.0. The first-order valence-electron chi connectivity index (χ1n) is 5.12. The Hall–Kier alpha value is -1.75. The summed E-state index contributed by atoms with van der Waals surface area (Å²) in [5, 5.41) is 18.4. The SMILES string of the molecule is COc1cc(C)c(C(O)CC(=O)O)cc1OC. The molecule has 1 aromatic rings. The molecular weight excluding hydrogens is 224 g/mol. The Morgan fingerprint density at radius 3 is 2.29 bits per heavy atom. The summed E-state index contributed by atoms with van der Waals surface area (Å²) in [4.78, 5) is 10.6. The Balaban J connectivity index is 3.11. The average Bonchev–Trinajstić information content (AvgIpc) is 2.27. The van der Waals surface area contributed by atoms with Crippen molar-refractivity contribution in [1.82, 2.24) is 0 Å². The fourth-order valence-corrected chi connectivity index (χ4v) is 1.63. The molecule has 1 unspecified atom stereocenters. The highest BCUT2D eigenvalue weighted by atomic mass is 16.5. The van der Waals surface area contributed by atoms with Crippen molar-refractivity contribution in [3.05, 3.63) is 23.3 Å². The van der Waals surface area contributed by atoms with E-state index in [2.05, 4.69) is 0 Å². The van der Waals surface area contributed by atoms with Crippen LogP contribution < -0.4 is 9.47 Å². The van der Waals surface area contributed by atoms with Gasteiger partial charge in [-0.3, -0.25) is 4.79 Å². The van der Waals surface area contributed by atoms with Crippen LogP contribution in [0.2, 0.25) is 0 Å². The number of benzene rings is 1. The van der Waals surface area contributed by atoms with E-state index in [4.69, 9.17) is 14.6 Å². The number of hydrogen-bond acceptors (Lipinski definition) is 4. The van der Waals surface area contributed by atoms with Crippen LogP contribution in [0.25, 0.3) is 0 Å². The number of carboxylic acid groups (broad SMARTS) is 1. The number of rotatable bonds is 5. The lowest BCUT2D eigenvalue weighted by Gasteiger charge is -2.15. The maximum atomic E-state index is 10.6. The molecule has 0 heterocycles. The third-order valence-corrected chi connectivity index (χ3v) is 2.50. The molecule has 0 aliphatic rings. The van der Waals surface area contributed by atoms with E-state index < -0.39 is 12.1 Å². The molecule has 0 aliphatic heterocycles. The van der Waals surface area contributed by atoms with Gasteiger partial charge >= 0.3 is 5.97 Å². The molecule has 5 nitrogen and oxygen atoms in total. The normalized spacial score (nSPS) is 12.0. The quantitative estimate of drug-likeness (QED) is 0.816. The van der Waals surface area contributed by atoms with Crippen molar-refractivity contribution < 1.29 is 24.5 Å². The molecule has 1 atom stereocenters. The number of methoxy groups -OCH3 is 2. The summed E-state index contributed by atoms with van der Waals surface area (Å²) in [6.07, 6.45) is -1.39. The molecule has 0 radical (unpaired) electrons. The minimum Gasteiger partial charge on any atom is -0.493 e. The Labute approximate surface area is 99.6 Å². The number of aliphatic hydroxyl groups is 1. The van der Waals surface area contributed by atoms with Gasteiger partial charge in [-0.2, -0.15) is 0 Å². The number of ether oxygens (including phenoxy) is 2. The lowest BCUT2D eigenvalue weighted by molar-refractivity contribution is -0.139. The van der Waals surface area contributed by atoms with Crippen molar-refractivity contribution in [2.45, 2.75) is 19.4 Å². The molecule has 0 aliphatic carbocycles. The van der Waals surface area contributed by atoms with Crippen LogP contribution >= 0.6 is 0 Å². The molecule has 0 amide bonds. The predicted molar refractivity (Wildman–Crippen MR) is 61.5 cm³/mol. The summed E-state index contributed by atoms with van der Waals surface area (Å²) in [7, 11) is 3.01. The summed E-state index contributed by atoms with van der Waals surface area (Å²) < 4.78 is 10.2. The van der Waals surface area contributed by atoms with Gasteiger partial charge in [0.1, 0.15) is 0 Å². The molecule has 1 rings (SSSR count). The zero-order valence-electron chi connectivity index (χ0n) is 10.1. The molecule has 0 bridgehead atoms. The van der Waals surface area contributed by atoms with Gasteiger partial charge < -0.3 is 19.7 Å². The van der Waals surface area contributed by atoms with Crippen LogP contribution in [0.1, 0.15) is 23.7 Å². The molecule has 17 heavy (non-hydrogen) atoms. The highest BCUT2D eigenvalue weighted by molar-refractivity contribution is 5.68. The molecule has 0 spiro atoms. The van der Waals surface area contributed by atoms with Crippen LogP contribution in [0, 0.1) is 6.92 Å². The number of hydrogen-bond donors (Lipinski definition) is 2. The zero-order valence-corrected chi connectivity index (χ0v) is 10.1. The molecule has 2 N–H and O–H groups in total. The second-order valence-electron chi connectivity index (χ2n) is 3.68. The molecule has 94 valence electrons. The number of carbonyl (C=O) groups is 1. The van der Waals surface area contributed by atoms with E-state index in [1.165, 1.54) is 14.2 Å². The van der Waals surface area contributed by atoms with Crippen LogP contribution in [0.4, 0.5) is 0 Å². The van der Waals surface area contributed by atoms with Crippen LogP contribution in [0.15, 0.2) is 12.1 Å². The fourth-order valence-electron chi connectivity index (χ4n) is 1.63. The highest BCUT2D eigenvalue weighted by Gasteiger charge is 2.17. The topological polar surface area (TPSA) is 76.0 Å². The van der Waals surface area contributed by atoms with Gasteiger partial charge in [-0.05, 0) is 30.2 Å². The van der Waals surface area contributed by atoms with Gasteiger partial charge in [0.15, 0.2) is 11.5 Å². The first-order chi connectivity index (χ1) is 7.99. The molecule has 0 aromatic heterocycles. The summed E-state index contributed by atoms with van der Waals surface area (Å²) in [5.74, 6) is -0.0273. The molecule has 0 saturated carbocycles. The van der Waals surface area contributed by atoms with E-state index >= 15 is 0 Å². The molecule has 0 fully saturated rings. The third kappa shape index (κ3) is 3.10. The van der Waals surface area contributed by atoms with Crippen LogP contribution in [-0.2, 0) is 4.79 Å². The fraction of sp³-hybridized carbons (Fsp3) is 0.417. The average molecular weight is 240 g/mol. The summed E-state index contributed by atoms with van der Waals surface area (Å²) in [5.41, 5.74) is 1.29. The smallest absolute Gasteiger partial charge is 0.306 e. The number of aliphatic hydroxyl groups excluding tert-OH is 1. The standard InChI is InChI=1S/C12H16O5/c1-7-4-10(16-2)11(17-3)5-8(7)9(13)6-12(14)15/h4-5,9,13H,6H2,1-3H3,(H,14,15). The second-order valence-corrected chi connectivity index (χ2v) is 3.68. The monoisotopic (exact) mass is 240 g/mol. The van der Waals surface area contributed by atoms with Gasteiger partial charge in [-0.25, -0.2) is 0 Å². The largest absolute Gasteiger partial charge is 0.493 e. The van der Waals surface area contributed by atoms with Gasteiger partial charge in [-0.15, -0.1) is 0 Å². The van der Waals surface area contributed by atoms with Crippen molar-refractivity contribution in [3.63, 3.8) is 0 Å². The van der Waals surface area contributed by atoms with Gasteiger partial charge in [0, 0.05) is 0 Å². The van der Waals surface area contributed by atoms with Crippen molar-refractivity contribution >= 4 is 5.97 Å². The maximum absolute atomic E-state index is 10.6. The van der Waals surface area contributed by atoms with Crippen molar-refractivity contribution in [3.8, 4) is 11.5 Å². The van der Waals surface area contributed by atoms with Crippen molar-refractivity contribution in [2.75, 3.05) is 14.2 Å². The molecule has 5 heteroatoms. The van der Waals surface area contributed by atoms with Crippen LogP contribution in [-0.4, -0.2) is 30.4 Å². The summed E-state index contributed by atoms with van der Waals surface area (Å²) in [6.45, 7) is 1.78. The Kier molecular flexibility index (Phi) is 4.34. The Morgan fingerprint density at radius 2 is 1.82 bits per heavy atom. The first-order valence-corrected chi connectivity index (χ1v) is 5.12. The lowest BCUT2D eigenvalue weighted by Crippen LogP contribution is -2.07. The molecular formula is C12H16O5. The Bertz CT molecular complexity index is 414. The van der Waals surface area contributed by atoms with E-state index in [0.29, 0.717) is 17.1 Å². The lowest BCUT2D eigenvalue weighted by atomic mass is 10.0. The van der Waals surface area contributed by atoms with Crippen LogP contribution in [0.3, 0.4) is 0 Å². The molecule has 1 aromatic carbocycles. The Morgan fingerprint density at radius 1 is 1.29 bits per heavy atom. The predicted octanol–water partition coefficient (Wildman–Crippen LogP) is 1.52. The van der Waals surface area contributed by atoms with Crippen LogP contribution in [0.5, 0.6) is 11.5 Å². The minimum absolute atomic E-state index is 0.337. The van der Waals surface area contributed by atoms with Gasteiger partial charge in [0.05, 0.1) is 26.7 Å². The van der Waals surface area contributed by atoms with E-state index in [-0.39, 0.29) is 6.42 Å². The van der Waals surface area contributed by atoms with Gasteiger partial charge in [0.2, 0.25) is 0 Å². The number of aliphatic carboxylic acids is 1. The summed E-state index contributed by atoms with van der Waals surface area (Å²) >= 11 is 0. The first kappa shape index (κ1) is 13.3. The third-order valence-electron chi connectivity index (χ3n) is 2.50. The number of aryl methyl sites for hydroxylation is 1. The number of carboxylic acids is 1. The van der Waals surface area contributed by atoms with Gasteiger partial charge in [-0.1, -0.05) is 0 Å². The van der Waals surface area contributed by atoms with E-state index in [9.17, 15) is 9.90 Å². The highest BCUT2D eigenvalue weighted by Crippen LogP contribution is 2.33. The van der Waals surface area contributed by atoms with E-state index in [1.54, 1.807) is 19.1 Å². The molecule has 0 saturated heterocycles. The van der Waals surface area contributed by atoms with Crippen molar-refractivity contribution in [1.29, 1.82) is 0 Å². The summed E-state index contributed by atoms with van der Waals surface area (Å²) in [6, 6.07) is 3.31. The van der Waals surface area contributed by atoms with Crippen molar-refractivity contribution in [2.24, 2.45) is 0 Å². The van der Waals surface area contributed by atoms with Gasteiger partial charge in [0.25, 0.3) is 0 Å². The second kappa shape index (κ2) is 5.54. The van der Waals surface area contributed by atoms with E-state index in [0.717, 1.165) is 5.56 Å². The van der Waals surface area contributed by atoms with E-state index in [1.807, 2.05) is 0 Å².